The van der Waals surface area contributed by atoms with Crippen LogP contribution in [0.1, 0.15) is 21.5 Å². The van der Waals surface area contributed by atoms with E-state index in [9.17, 15) is 4.79 Å². The molecule has 0 radical (unpaired) electrons. The van der Waals surface area contributed by atoms with E-state index in [1.54, 1.807) is 25.3 Å². The van der Waals surface area contributed by atoms with Gasteiger partial charge in [0.2, 0.25) is 0 Å². The maximum Gasteiger partial charge on any atom is 0.190 e. The molecule has 2 aromatic carbocycles. The fourth-order valence-corrected chi connectivity index (χ4v) is 3.58. The van der Waals surface area contributed by atoms with Crippen molar-refractivity contribution in [2.45, 2.75) is 13.8 Å². The number of carbonyl (C=O) groups excluding carboxylic acids is 1. The minimum absolute atomic E-state index is 0.00449. The molecule has 2 aromatic rings. The molecule has 0 aliphatic carbocycles. The van der Waals surface area contributed by atoms with Gasteiger partial charge in [0.05, 0.1) is 17.7 Å². The van der Waals surface area contributed by atoms with E-state index in [-0.39, 0.29) is 14.1 Å². The second kappa shape index (κ2) is 6.39. The van der Waals surface area contributed by atoms with Crippen LogP contribution in [0.4, 0.5) is 0 Å². The molecule has 0 aliphatic rings. The Morgan fingerprint density at radius 2 is 1.70 bits per heavy atom. The zero-order valence-corrected chi connectivity index (χ0v) is 13.4. The summed E-state index contributed by atoms with van der Waals surface area (Å²) in [6, 6.07) is 11.3. The maximum absolute atomic E-state index is 12.6. The van der Waals surface area contributed by atoms with Crippen molar-refractivity contribution in [2.75, 3.05) is 7.11 Å². The van der Waals surface area contributed by atoms with Gasteiger partial charge >= 0.3 is 0 Å². The lowest BCUT2D eigenvalue weighted by Crippen LogP contribution is -2.09. The first-order chi connectivity index (χ1) is 9.54. The Kier molecular flexibility index (Phi) is 4.80. The van der Waals surface area contributed by atoms with Gasteiger partial charge in [-0.05, 0) is 51.0 Å². The minimum atomic E-state index is 0.00449. The Labute approximate surface area is 125 Å². The minimum Gasteiger partial charge on any atom is -0.496 e. The van der Waals surface area contributed by atoms with E-state index < -0.39 is 0 Å². The van der Waals surface area contributed by atoms with Gasteiger partial charge in [0.15, 0.2) is 5.52 Å². The van der Waals surface area contributed by atoms with Crippen molar-refractivity contribution in [2.24, 2.45) is 0 Å². The molecule has 0 saturated carbocycles. The summed E-state index contributed by atoms with van der Waals surface area (Å²) in [7, 11) is 1.59. The van der Waals surface area contributed by atoms with Crippen LogP contribution < -0.4 is 10.0 Å². The largest absolute Gasteiger partial charge is 0.496 e. The molecular weight excluding hydrogens is 291 g/mol. The van der Waals surface area contributed by atoms with Gasteiger partial charge in [-0.1, -0.05) is 35.9 Å². The molecule has 2 rings (SSSR count). The molecule has 0 aromatic heterocycles. The summed E-state index contributed by atoms with van der Waals surface area (Å²) in [6.45, 7) is 4.04. The lowest BCUT2D eigenvalue weighted by atomic mass is 10.2. The van der Waals surface area contributed by atoms with Crippen molar-refractivity contribution in [3.8, 4) is 5.75 Å². The normalized spacial score (nSPS) is 11.0. The van der Waals surface area contributed by atoms with Gasteiger partial charge in [-0.25, -0.2) is 0 Å². The Balaban J connectivity index is 2.39. The highest BCUT2D eigenvalue weighted by atomic mass is 35.5. The van der Waals surface area contributed by atoms with Crippen LogP contribution in [-0.2, 0) is 0 Å². The quantitative estimate of drug-likeness (QED) is 0.795. The fraction of sp³-hybridized carbons (Fsp3) is 0.188. The number of hydrogen-bond acceptors (Lipinski definition) is 2. The van der Waals surface area contributed by atoms with Crippen molar-refractivity contribution < 1.29 is 9.53 Å². The molecule has 0 heterocycles. The van der Waals surface area contributed by atoms with Crippen molar-refractivity contribution in [3.05, 3.63) is 58.1 Å². The average molecular weight is 307 g/mol. The Morgan fingerprint density at radius 1 is 1.10 bits per heavy atom. The molecule has 0 saturated heterocycles. The predicted octanol–water partition coefficient (Wildman–Crippen LogP) is 4.11. The number of hydrogen-bond donors (Lipinski definition) is 0. The van der Waals surface area contributed by atoms with E-state index in [0.717, 1.165) is 16.4 Å². The van der Waals surface area contributed by atoms with Gasteiger partial charge in [-0.2, -0.15) is 0 Å². The Bertz CT molecular complexity index is 633. The molecule has 0 amide bonds. The lowest BCUT2D eigenvalue weighted by Gasteiger charge is -2.12. The molecule has 104 valence electrons. The number of methoxy groups -OCH3 is 1. The molecule has 0 spiro atoms. The molecule has 0 aliphatic heterocycles. The fourth-order valence-electron chi connectivity index (χ4n) is 2.08. The summed E-state index contributed by atoms with van der Waals surface area (Å²) in [5, 5.41) is 1.52. The molecule has 0 fully saturated rings. The summed E-state index contributed by atoms with van der Waals surface area (Å²) in [4.78, 5) is 12.6. The van der Waals surface area contributed by atoms with Gasteiger partial charge in [0.1, 0.15) is 5.75 Å². The highest BCUT2D eigenvalue weighted by Crippen LogP contribution is 2.33. The summed E-state index contributed by atoms with van der Waals surface area (Å²) in [5.74, 6) is 0.529. The van der Waals surface area contributed by atoms with E-state index in [1.165, 1.54) is 0 Å². The first-order valence-corrected chi connectivity index (χ1v) is 7.62. The maximum atomic E-state index is 12.6. The van der Waals surface area contributed by atoms with Crippen LogP contribution in [0.5, 0.6) is 5.75 Å². The number of carbonyl (C=O) groups is 1. The summed E-state index contributed by atoms with van der Waals surface area (Å²) < 4.78 is 5.24. The standard InChI is InChI=1S/C16H16ClO2P/c1-10-6-4-7-11(2)15(10)20-16(18)14-12(17)8-5-9-13(14)19-3/h4-9,20H,1-3H3. The van der Waals surface area contributed by atoms with Crippen molar-refractivity contribution in [3.63, 3.8) is 0 Å². The molecule has 1 unspecified atom stereocenters. The zero-order valence-electron chi connectivity index (χ0n) is 11.7. The van der Waals surface area contributed by atoms with Crippen LogP contribution in [-0.4, -0.2) is 12.6 Å². The number of benzene rings is 2. The second-order valence-corrected chi connectivity index (χ2v) is 6.15. The summed E-state index contributed by atoms with van der Waals surface area (Å²) >= 11 is 6.15. The van der Waals surface area contributed by atoms with Gasteiger partial charge in [-0.3, -0.25) is 4.79 Å². The second-order valence-electron chi connectivity index (χ2n) is 4.54. The molecule has 0 N–H and O–H groups in total. The number of ether oxygens (including phenoxy) is 1. The van der Waals surface area contributed by atoms with Crippen LogP contribution >= 0.6 is 20.2 Å². The van der Waals surface area contributed by atoms with Crippen molar-refractivity contribution in [1.82, 2.24) is 0 Å². The Morgan fingerprint density at radius 3 is 2.30 bits per heavy atom. The van der Waals surface area contributed by atoms with Gasteiger partial charge in [0.25, 0.3) is 0 Å². The van der Waals surface area contributed by atoms with Crippen molar-refractivity contribution in [1.29, 1.82) is 0 Å². The molecule has 4 heteroatoms. The first-order valence-electron chi connectivity index (χ1n) is 6.24. The SMILES string of the molecule is COc1cccc(Cl)c1C(=O)Pc1c(C)cccc1C. The third-order valence-electron chi connectivity index (χ3n) is 3.14. The van der Waals surface area contributed by atoms with E-state index in [2.05, 4.69) is 0 Å². The van der Waals surface area contributed by atoms with Crippen LogP contribution in [0.15, 0.2) is 36.4 Å². The van der Waals surface area contributed by atoms with Crippen molar-refractivity contribution >= 4 is 31.0 Å². The summed E-state index contributed by atoms with van der Waals surface area (Å²) in [6.07, 6.45) is 0. The lowest BCUT2D eigenvalue weighted by molar-refractivity contribution is 0.108. The van der Waals surface area contributed by atoms with Gasteiger partial charge in [0, 0.05) is 0 Å². The van der Waals surface area contributed by atoms with Gasteiger partial charge < -0.3 is 4.74 Å². The summed E-state index contributed by atoms with van der Waals surface area (Å²) in [5.41, 5.74) is 2.73. The van der Waals surface area contributed by atoms with Crippen LogP contribution in [0, 0.1) is 13.8 Å². The molecule has 20 heavy (non-hydrogen) atoms. The molecule has 1 atom stereocenters. The van der Waals surface area contributed by atoms with E-state index in [1.807, 2.05) is 32.0 Å². The van der Waals surface area contributed by atoms with E-state index >= 15 is 0 Å². The number of halogens is 1. The average Bonchev–Trinajstić information content (AvgIpc) is 2.42. The highest BCUT2D eigenvalue weighted by Gasteiger charge is 2.18. The molecule has 0 bridgehead atoms. The monoisotopic (exact) mass is 306 g/mol. The Hall–Kier alpha value is -1.37. The first kappa shape index (κ1) is 15.0. The van der Waals surface area contributed by atoms with Gasteiger partial charge in [-0.15, -0.1) is 0 Å². The van der Waals surface area contributed by atoms with Crippen LogP contribution in [0.3, 0.4) is 0 Å². The molecular formula is C16H16ClO2P. The smallest absolute Gasteiger partial charge is 0.190 e. The van der Waals surface area contributed by atoms with Crippen LogP contribution in [0.25, 0.3) is 0 Å². The third-order valence-corrected chi connectivity index (χ3v) is 4.97. The third kappa shape index (κ3) is 3.03. The topological polar surface area (TPSA) is 26.3 Å². The molecule has 2 nitrogen and oxygen atoms in total. The predicted molar refractivity (Wildman–Crippen MR) is 86.2 cm³/mol. The highest BCUT2D eigenvalue weighted by molar-refractivity contribution is 7.66. The zero-order chi connectivity index (χ0) is 14.7. The number of rotatable bonds is 4. The van der Waals surface area contributed by atoms with E-state index in [4.69, 9.17) is 16.3 Å². The number of aryl methyl sites for hydroxylation is 2. The van der Waals surface area contributed by atoms with E-state index in [0.29, 0.717) is 16.3 Å². The van der Waals surface area contributed by atoms with Crippen LogP contribution in [0.2, 0.25) is 5.02 Å².